The molecule has 0 aliphatic heterocycles. The third-order valence-corrected chi connectivity index (χ3v) is 5.94. The molecular weight excluding hydrogens is 511 g/mol. The maximum absolute atomic E-state index is 15.0. The zero-order valence-corrected chi connectivity index (χ0v) is 22.4. The van der Waals surface area contributed by atoms with E-state index in [1.165, 1.54) is 12.1 Å². The lowest BCUT2D eigenvalue weighted by molar-refractivity contribution is -0.115. The van der Waals surface area contributed by atoms with E-state index in [0.29, 0.717) is 40.9 Å². The average Bonchev–Trinajstić information content (AvgIpc) is 2.94. The molecule has 0 fully saturated rings. The Morgan fingerprint density at radius 2 is 1.80 bits per heavy atom. The maximum Gasteiger partial charge on any atom is 0.260 e. The number of methoxy groups -OCH3 is 1. The second-order valence-corrected chi connectivity index (χ2v) is 9.03. The number of nitrogens with one attached hydrogen (secondary N) is 2. The van der Waals surface area contributed by atoms with Crippen LogP contribution in [0.3, 0.4) is 0 Å². The highest BCUT2D eigenvalue weighted by Gasteiger charge is 2.19. The molecular formula is C31H29FN4O4. The number of amides is 1. The first-order chi connectivity index (χ1) is 19.3. The number of fused-ring (bicyclic) bond motifs is 1. The number of ether oxygens (including phenoxy) is 2. The predicted molar refractivity (Wildman–Crippen MR) is 154 cm³/mol. The fourth-order valence-electron chi connectivity index (χ4n) is 3.92. The molecule has 40 heavy (non-hydrogen) atoms. The van der Waals surface area contributed by atoms with Gasteiger partial charge < -0.3 is 14.8 Å². The van der Waals surface area contributed by atoms with E-state index in [0.717, 1.165) is 17.3 Å². The van der Waals surface area contributed by atoms with Crippen LogP contribution < -0.4 is 20.2 Å². The number of rotatable bonds is 11. The summed E-state index contributed by atoms with van der Waals surface area (Å²) in [6.07, 6.45) is 2.03. The molecule has 204 valence electrons. The van der Waals surface area contributed by atoms with E-state index in [9.17, 15) is 9.59 Å². The molecule has 0 unspecified atom stereocenters. The lowest BCUT2D eigenvalue weighted by atomic mass is 10.2. The van der Waals surface area contributed by atoms with E-state index in [1.54, 1.807) is 49.5 Å². The van der Waals surface area contributed by atoms with E-state index in [2.05, 4.69) is 22.3 Å². The number of hydrogen-bond acceptors (Lipinski definition) is 7. The van der Waals surface area contributed by atoms with E-state index in [1.807, 2.05) is 37.3 Å². The number of allylic oxidation sites excluding steroid dienone is 1. The minimum Gasteiger partial charge on any atom is -0.497 e. The van der Waals surface area contributed by atoms with E-state index in [4.69, 9.17) is 9.47 Å². The summed E-state index contributed by atoms with van der Waals surface area (Å²) in [4.78, 5) is 29.4. The van der Waals surface area contributed by atoms with Crippen LogP contribution in [0, 0.1) is 5.82 Å². The van der Waals surface area contributed by atoms with Crippen molar-refractivity contribution >= 4 is 34.5 Å². The van der Waals surface area contributed by atoms with Crippen LogP contribution in [0.1, 0.15) is 13.8 Å². The van der Waals surface area contributed by atoms with E-state index in [-0.39, 0.29) is 17.0 Å². The standard InChI is InChI=1S/C31H29FN4O4/c1-20(2)18-36(35-22-8-6-5-7-9-22)21(3)26(19-37)31(38)34-23-10-13-30(27(32)16-23)40-29-14-15-33-28-17-24(39-4)11-12-25(28)29/h5-17,19,35H,1,18H2,2-4H3,(H,34,38)/b26-21+. The van der Waals surface area contributed by atoms with Crippen molar-refractivity contribution in [3.63, 3.8) is 0 Å². The Labute approximate surface area is 231 Å². The Bertz CT molecular complexity index is 1590. The average molecular weight is 541 g/mol. The van der Waals surface area contributed by atoms with Crippen LogP contribution in [0.5, 0.6) is 17.2 Å². The normalized spacial score (nSPS) is 11.3. The zero-order chi connectivity index (χ0) is 28.6. The highest BCUT2D eigenvalue weighted by Crippen LogP contribution is 2.33. The fraction of sp³-hybridized carbons (Fsp3) is 0.129. The van der Waals surface area contributed by atoms with Crippen LogP contribution in [0.4, 0.5) is 15.8 Å². The number of aldehydes is 1. The van der Waals surface area contributed by atoms with Crippen LogP contribution in [0.15, 0.2) is 102 Å². The first kappa shape index (κ1) is 27.8. The molecule has 0 aliphatic carbocycles. The van der Waals surface area contributed by atoms with Crippen molar-refractivity contribution < 1.29 is 23.5 Å². The number of nitrogens with zero attached hydrogens (tertiary/aromatic N) is 2. The van der Waals surface area contributed by atoms with Crippen LogP contribution in [0.2, 0.25) is 0 Å². The molecule has 1 heterocycles. The van der Waals surface area contributed by atoms with Gasteiger partial charge in [-0.25, -0.2) is 4.39 Å². The predicted octanol–water partition coefficient (Wildman–Crippen LogP) is 6.49. The summed E-state index contributed by atoms with van der Waals surface area (Å²) in [7, 11) is 1.56. The topological polar surface area (TPSA) is 92.8 Å². The lowest BCUT2D eigenvalue weighted by Gasteiger charge is -2.28. The molecule has 0 saturated carbocycles. The van der Waals surface area contributed by atoms with Gasteiger partial charge in [0.15, 0.2) is 17.9 Å². The molecule has 0 radical (unpaired) electrons. The number of hydrazine groups is 1. The second-order valence-electron chi connectivity index (χ2n) is 9.03. The molecule has 1 amide bonds. The van der Waals surface area contributed by atoms with Crippen LogP contribution in [0.25, 0.3) is 10.9 Å². The van der Waals surface area contributed by atoms with Gasteiger partial charge >= 0.3 is 0 Å². The van der Waals surface area contributed by atoms with Crippen molar-refractivity contribution in [2.45, 2.75) is 13.8 Å². The molecule has 0 atom stereocenters. The number of carbonyl (C=O) groups is 2. The first-order valence-electron chi connectivity index (χ1n) is 12.4. The van der Waals surface area contributed by atoms with Crippen LogP contribution in [-0.4, -0.2) is 35.8 Å². The minimum atomic E-state index is -0.695. The smallest absolute Gasteiger partial charge is 0.260 e. The third-order valence-electron chi connectivity index (χ3n) is 5.94. The highest BCUT2D eigenvalue weighted by atomic mass is 19.1. The highest BCUT2D eigenvalue weighted by molar-refractivity contribution is 6.17. The van der Waals surface area contributed by atoms with Crippen LogP contribution in [-0.2, 0) is 9.59 Å². The molecule has 0 bridgehead atoms. The number of para-hydroxylation sites is 1. The molecule has 4 aromatic rings. The third kappa shape index (κ3) is 6.63. The summed E-state index contributed by atoms with van der Waals surface area (Å²) in [5.41, 5.74) is 5.82. The molecule has 2 N–H and O–H groups in total. The number of halogens is 1. The number of benzene rings is 3. The molecule has 9 heteroatoms. The van der Waals surface area contributed by atoms with E-state index < -0.39 is 11.7 Å². The Morgan fingerprint density at radius 1 is 1.02 bits per heavy atom. The van der Waals surface area contributed by atoms with Crippen molar-refractivity contribution in [2.24, 2.45) is 0 Å². The zero-order valence-electron chi connectivity index (χ0n) is 22.4. The molecule has 0 aliphatic rings. The lowest BCUT2D eigenvalue weighted by Crippen LogP contribution is -2.32. The monoisotopic (exact) mass is 540 g/mol. The number of hydrogen-bond donors (Lipinski definition) is 2. The number of anilines is 2. The number of pyridine rings is 1. The summed E-state index contributed by atoms with van der Waals surface area (Å²) in [6, 6.07) is 20.3. The Balaban J connectivity index is 1.54. The van der Waals surface area contributed by atoms with Gasteiger partial charge in [-0.1, -0.05) is 30.4 Å². The summed E-state index contributed by atoms with van der Waals surface area (Å²) in [6.45, 7) is 7.77. The molecule has 1 aromatic heterocycles. The minimum absolute atomic E-state index is 0.0386. The molecule has 0 spiro atoms. The van der Waals surface area contributed by atoms with Gasteiger partial charge in [-0.3, -0.25) is 25.0 Å². The first-order valence-corrected chi connectivity index (χ1v) is 12.4. The Kier molecular flexibility index (Phi) is 8.75. The van der Waals surface area contributed by atoms with Gasteiger partial charge in [0.1, 0.15) is 17.1 Å². The van der Waals surface area contributed by atoms with Crippen molar-refractivity contribution in [3.05, 3.63) is 108 Å². The van der Waals surface area contributed by atoms with Crippen molar-refractivity contribution in [3.8, 4) is 17.2 Å². The van der Waals surface area contributed by atoms with Gasteiger partial charge in [0.25, 0.3) is 5.91 Å². The summed E-state index contributed by atoms with van der Waals surface area (Å²) < 4.78 is 26.1. The van der Waals surface area contributed by atoms with Crippen molar-refractivity contribution in [2.75, 3.05) is 24.4 Å². The quantitative estimate of drug-likeness (QED) is 0.0561. The van der Waals surface area contributed by atoms with Gasteiger partial charge in [0.05, 0.1) is 24.9 Å². The van der Waals surface area contributed by atoms with Crippen molar-refractivity contribution in [1.29, 1.82) is 0 Å². The maximum atomic E-state index is 15.0. The van der Waals surface area contributed by atoms with Gasteiger partial charge in [0, 0.05) is 35.1 Å². The Morgan fingerprint density at radius 3 is 2.48 bits per heavy atom. The largest absolute Gasteiger partial charge is 0.497 e. The summed E-state index contributed by atoms with van der Waals surface area (Å²) in [5, 5.41) is 4.94. The molecule has 3 aromatic carbocycles. The molecule has 8 nitrogen and oxygen atoms in total. The molecule has 0 saturated heterocycles. The number of carbonyl (C=O) groups excluding carboxylic acids is 2. The SMILES string of the molecule is C=C(C)CN(Nc1ccccc1)/C(C)=C(\C=O)C(=O)Nc1ccc(Oc2ccnc3cc(OC)ccc23)c(F)c1. The fourth-order valence-corrected chi connectivity index (χ4v) is 3.92. The van der Waals surface area contributed by atoms with Gasteiger partial charge in [-0.15, -0.1) is 0 Å². The summed E-state index contributed by atoms with van der Waals surface area (Å²) in [5.74, 6) is -0.367. The number of aromatic nitrogens is 1. The second kappa shape index (κ2) is 12.6. The van der Waals surface area contributed by atoms with E-state index >= 15 is 4.39 Å². The van der Waals surface area contributed by atoms with Gasteiger partial charge in [-0.05, 0) is 56.3 Å². The Hall–Kier alpha value is -5.18. The van der Waals surface area contributed by atoms with Crippen molar-refractivity contribution in [1.82, 2.24) is 9.99 Å². The van der Waals surface area contributed by atoms with Gasteiger partial charge in [-0.2, -0.15) is 0 Å². The van der Waals surface area contributed by atoms with Crippen LogP contribution >= 0.6 is 0 Å². The molecule has 4 rings (SSSR count). The van der Waals surface area contributed by atoms with Gasteiger partial charge in [0.2, 0.25) is 0 Å². The summed E-state index contributed by atoms with van der Waals surface area (Å²) >= 11 is 0.